The molecule has 4 nitrogen and oxygen atoms in total. The molecular weight excluding hydrogens is 345 g/mol. The van der Waals surface area contributed by atoms with Crippen LogP contribution in [0.15, 0.2) is 48.5 Å². The molecule has 3 rings (SSSR count). The largest absolute Gasteiger partial charge is 0.507 e. The van der Waals surface area contributed by atoms with Crippen molar-refractivity contribution in [3.63, 3.8) is 0 Å². The maximum Gasteiger partial charge on any atom is 0.408 e. The number of benzene rings is 2. The Morgan fingerprint density at radius 1 is 1.08 bits per heavy atom. The molecule has 1 heterocycles. The van der Waals surface area contributed by atoms with Crippen LogP contribution in [0.3, 0.4) is 0 Å². The minimum atomic E-state index is -4.47. The Kier molecular flexibility index (Phi) is 5.68. The molecule has 26 heavy (non-hydrogen) atoms. The molecule has 0 unspecified atom stereocenters. The molecule has 0 amide bonds. The summed E-state index contributed by atoms with van der Waals surface area (Å²) in [4.78, 5) is 1.34. The van der Waals surface area contributed by atoms with Gasteiger partial charge in [-0.2, -0.15) is 13.2 Å². The zero-order chi connectivity index (χ0) is 18.6. The van der Waals surface area contributed by atoms with Crippen LogP contribution >= 0.6 is 0 Å². The topological polar surface area (TPSA) is 44.7 Å². The van der Waals surface area contributed by atoms with Crippen molar-refractivity contribution in [3.8, 4) is 11.5 Å². The van der Waals surface area contributed by atoms with Gasteiger partial charge in [0.25, 0.3) is 0 Å². The normalized spacial score (nSPS) is 17.0. The number of hydrogen-bond acceptors (Lipinski definition) is 4. The summed E-state index contributed by atoms with van der Waals surface area (Å²) in [5.41, 5.74) is 0.788. The highest BCUT2D eigenvalue weighted by molar-refractivity contribution is 5.42. The van der Waals surface area contributed by atoms with Crippen molar-refractivity contribution in [2.75, 3.05) is 26.2 Å². The number of phenolic OH excluding ortho intramolecular Hbond substituents is 1. The number of hydrogen-bond donors (Lipinski definition) is 2. The standard InChI is InChI=1S/C19H21F3N2O2/c20-19(21,22)18(24-10-8-23-9-11-24)16-7-6-15(12-17(16)25)26-13-14-4-2-1-3-5-14/h1-7,12,18,23,25H,8-11,13H2/t18-/m1/s1. The Morgan fingerprint density at radius 2 is 1.77 bits per heavy atom. The van der Waals surface area contributed by atoms with E-state index in [-0.39, 0.29) is 25.3 Å². The van der Waals surface area contributed by atoms with Crippen LogP contribution in [0.2, 0.25) is 0 Å². The molecule has 140 valence electrons. The first-order chi connectivity index (χ1) is 12.4. The van der Waals surface area contributed by atoms with Crippen molar-refractivity contribution in [1.29, 1.82) is 0 Å². The van der Waals surface area contributed by atoms with E-state index in [1.165, 1.54) is 23.1 Å². The number of nitrogens with zero attached hydrogens (tertiary/aromatic N) is 1. The predicted molar refractivity (Wildman–Crippen MR) is 92.1 cm³/mol. The molecule has 2 aromatic carbocycles. The Balaban J connectivity index is 1.78. The third kappa shape index (κ3) is 4.47. The lowest BCUT2D eigenvalue weighted by Gasteiger charge is -2.36. The van der Waals surface area contributed by atoms with Crippen molar-refractivity contribution in [3.05, 3.63) is 59.7 Å². The molecule has 0 aliphatic carbocycles. The monoisotopic (exact) mass is 366 g/mol. The van der Waals surface area contributed by atoms with Crippen LogP contribution in [0.25, 0.3) is 0 Å². The highest BCUT2D eigenvalue weighted by Gasteiger charge is 2.46. The summed E-state index contributed by atoms with van der Waals surface area (Å²) in [7, 11) is 0. The highest BCUT2D eigenvalue weighted by atomic mass is 19.4. The number of phenols is 1. The number of aromatic hydroxyl groups is 1. The minimum Gasteiger partial charge on any atom is -0.507 e. The molecule has 2 N–H and O–H groups in total. The fourth-order valence-electron chi connectivity index (χ4n) is 3.11. The van der Waals surface area contributed by atoms with Crippen molar-refractivity contribution >= 4 is 0 Å². The van der Waals surface area contributed by atoms with Crippen molar-refractivity contribution in [2.24, 2.45) is 0 Å². The Morgan fingerprint density at radius 3 is 2.38 bits per heavy atom. The van der Waals surface area contributed by atoms with Crippen LogP contribution in [-0.4, -0.2) is 42.4 Å². The minimum absolute atomic E-state index is 0.147. The second kappa shape index (κ2) is 7.97. The lowest BCUT2D eigenvalue weighted by Crippen LogP contribution is -2.49. The smallest absolute Gasteiger partial charge is 0.408 e. The average Bonchev–Trinajstić information content (AvgIpc) is 2.62. The lowest BCUT2D eigenvalue weighted by atomic mass is 10.0. The number of rotatable bonds is 5. The van der Waals surface area contributed by atoms with Crippen LogP contribution in [0.1, 0.15) is 17.2 Å². The zero-order valence-electron chi connectivity index (χ0n) is 14.2. The van der Waals surface area contributed by atoms with E-state index in [0.29, 0.717) is 18.8 Å². The Bertz CT molecular complexity index is 716. The number of piperazine rings is 1. The second-order valence-electron chi connectivity index (χ2n) is 6.23. The molecule has 0 aromatic heterocycles. The van der Waals surface area contributed by atoms with Gasteiger partial charge in [0.05, 0.1) is 0 Å². The third-order valence-electron chi connectivity index (χ3n) is 4.37. The van der Waals surface area contributed by atoms with E-state index in [0.717, 1.165) is 5.56 Å². The van der Waals surface area contributed by atoms with Gasteiger partial charge in [0.1, 0.15) is 24.1 Å². The Labute approximate surface area is 150 Å². The van der Waals surface area contributed by atoms with Crippen LogP contribution in [-0.2, 0) is 6.61 Å². The molecule has 1 saturated heterocycles. The summed E-state index contributed by atoms with van der Waals surface area (Å²) in [5.74, 6) is -0.0762. The maximum atomic E-state index is 13.6. The first kappa shape index (κ1) is 18.5. The van der Waals surface area contributed by atoms with Gasteiger partial charge in [0.2, 0.25) is 0 Å². The number of halogens is 3. The highest BCUT2D eigenvalue weighted by Crippen LogP contribution is 2.42. The van der Waals surface area contributed by atoms with Gasteiger partial charge in [-0.25, -0.2) is 0 Å². The Hall–Kier alpha value is -2.25. The van der Waals surface area contributed by atoms with Gasteiger partial charge in [-0.3, -0.25) is 4.90 Å². The van der Waals surface area contributed by atoms with E-state index in [9.17, 15) is 18.3 Å². The molecule has 1 aliphatic rings. The van der Waals surface area contributed by atoms with Gasteiger partial charge in [0, 0.05) is 37.8 Å². The summed E-state index contributed by atoms with van der Waals surface area (Å²) < 4.78 is 46.5. The first-order valence-electron chi connectivity index (χ1n) is 8.46. The fraction of sp³-hybridized carbons (Fsp3) is 0.368. The van der Waals surface area contributed by atoms with Crippen LogP contribution in [0, 0.1) is 0 Å². The molecule has 1 fully saturated rings. The fourth-order valence-corrected chi connectivity index (χ4v) is 3.11. The maximum absolute atomic E-state index is 13.6. The van der Waals surface area contributed by atoms with Crippen LogP contribution < -0.4 is 10.1 Å². The van der Waals surface area contributed by atoms with Crippen LogP contribution in [0.5, 0.6) is 11.5 Å². The summed E-state index contributed by atoms with van der Waals surface area (Å²) >= 11 is 0. The summed E-state index contributed by atoms with van der Waals surface area (Å²) in [6.45, 7) is 1.81. The molecule has 7 heteroatoms. The van der Waals surface area contributed by atoms with Crippen molar-refractivity contribution < 1.29 is 23.0 Å². The van der Waals surface area contributed by atoms with Gasteiger partial charge in [-0.1, -0.05) is 30.3 Å². The predicted octanol–water partition coefficient (Wildman–Crippen LogP) is 3.48. The van der Waals surface area contributed by atoms with Gasteiger partial charge in [-0.15, -0.1) is 0 Å². The van der Waals surface area contributed by atoms with E-state index in [2.05, 4.69) is 5.32 Å². The summed E-state index contributed by atoms with van der Waals surface area (Å²) in [5, 5.41) is 13.3. The molecular formula is C19H21F3N2O2. The molecule has 0 spiro atoms. The van der Waals surface area contributed by atoms with Gasteiger partial charge in [0.15, 0.2) is 0 Å². The van der Waals surface area contributed by atoms with Gasteiger partial charge >= 0.3 is 6.18 Å². The molecule has 0 radical (unpaired) electrons. The first-order valence-corrected chi connectivity index (χ1v) is 8.46. The lowest BCUT2D eigenvalue weighted by molar-refractivity contribution is -0.188. The molecule has 0 saturated carbocycles. The number of nitrogens with one attached hydrogen (secondary N) is 1. The van der Waals surface area contributed by atoms with Crippen molar-refractivity contribution in [2.45, 2.75) is 18.8 Å². The van der Waals surface area contributed by atoms with Gasteiger partial charge in [-0.05, 0) is 17.7 Å². The van der Waals surface area contributed by atoms with E-state index < -0.39 is 18.0 Å². The quantitative estimate of drug-likeness (QED) is 0.851. The number of alkyl halides is 3. The number of ether oxygens (including phenoxy) is 1. The molecule has 2 aromatic rings. The molecule has 1 atom stereocenters. The summed E-state index contributed by atoms with van der Waals surface area (Å²) in [6, 6.07) is 11.6. The van der Waals surface area contributed by atoms with E-state index in [4.69, 9.17) is 4.74 Å². The summed E-state index contributed by atoms with van der Waals surface area (Å²) in [6.07, 6.45) is -4.47. The van der Waals surface area contributed by atoms with Gasteiger partial charge < -0.3 is 15.2 Å². The second-order valence-corrected chi connectivity index (χ2v) is 6.23. The third-order valence-corrected chi connectivity index (χ3v) is 4.37. The van der Waals surface area contributed by atoms with Crippen LogP contribution in [0.4, 0.5) is 13.2 Å². The van der Waals surface area contributed by atoms with E-state index >= 15 is 0 Å². The molecule has 1 aliphatic heterocycles. The zero-order valence-corrected chi connectivity index (χ0v) is 14.2. The van der Waals surface area contributed by atoms with Crippen molar-refractivity contribution in [1.82, 2.24) is 10.2 Å². The SMILES string of the molecule is Oc1cc(OCc2ccccc2)ccc1[C@@H](N1CCNCC1)C(F)(F)F. The van der Waals surface area contributed by atoms with E-state index in [1.807, 2.05) is 30.3 Å². The van der Waals surface area contributed by atoms with E-state index in [1.54, 1.807) is 0 Å². The molecule has 0 bridgehead atoms. The average molecular weight is 366 g/mol.